The molecule has 1 amide bonds. The lowest BCUT2D eigenvalue weighted by Crippen LogP contribution is -2.38. The molecular weight excluding hydrogens is 438 g/mol. The number of thiazole rings is 1. The van der Waals surface area contributed by atoms with Crippen molar-refractivity contribution in [3.63, 3.8) is 0 Å². The highest BCUT2D eigenvalue weighted by Gasteiger charge is 2.26. The minimum atomic E-state index is -2.11. The van der Waals surface area contributed by atoms with E-state index in [4.69, 9.17) is 9.54 Å². The van der Waals surface area contributed by atoms with E-state index in [-0.39, 0.29) is 11.9 Å². The summed E-state index contributed by atoms with van der Waals surface area (Å²) in [4.78, 5) is 18.7. The van der Waals surface area contributed by atoms with Crippen molar-refractivity contribution < 1.29 is 13.6 Å². The van der Waals surface area contributed by atoms with Gasteiger partial charge >= 0.3 is 0 Å². The Morgan fingerprint density at radius 3 is 2.53 bits per heavy atom. The molecule has 0 radical (unpaired) electrons. The molecule has 3 rings (SSSR count). The van der Waals surface area contributed by atoms with Gasteiger partial charge in [-0.2, -0.15) is 0 Å². The van der Waals surface area contributed by atoms with Gasteiger partial charge in [-0.25, -0.2) is 9.19 Å². The normalized spacial score (nSPS) is 13.6. The Morgan fingerprint density at radius 1 is 1.20 bits per heavy atom. The second kappa shape index (κ2) is 9.82. The largest absolute Gasteiger partial charge is 0.346 e. The van der Waals surface area contributed by atoms with Gasteiger partial charge in [-0.05, 0) is 35.6 Å². The molecule has 2 heterocycles. The van der Waals surface area contributed by atoms with Gasteiger partial charge in [0.15, 0.2) is 0 Å². The summed E-state index contributed by atoms with van der Waals surface area (Å²) < 4.78 is 22.3. The zero-order chi connectivity index (χ0) is 21.7. The molecule has 0 spiro atoms. The molecule has 3 N–H and O–H groups in total. The molecule has 2 atom stereocenters. The Morgan fingerprint density at radius 2 is 1.93 bits per heavy atom. The first kappa shape index (κ1) is 22.6. The van der Waals surface area contributed by atoms with Crippen molar-refractivity contribution in [1.29, 1.82) is 0 Å². The number of hydrogen-bond donors (Lipinski definition) is 3. The molecule has 0 aliphatic rings. The van der Waals surface area contributed by atoms with E-state index in [1.807, 2.05) is 39.0 Å². The molecule has 1 unspecified atom stereocenters. The van der Waals surface area contributed by atoms with Crippen molar-refractivity contribution in [1.82, 2.24) is 10.3 Å². The summed E-state index contributed by atoms with van der Waals surface area (Å²) >= 11 is 1.16. The summed E-state index contributed by atoms with van der Waals surface area (Å²) in [5.41, 5.74) is 2.05. The summed E-state index contributed by atoms with van der Waals surface area (Å²) in [6.45, 7) is 5.66. The van der Waals surface area contributed by atoms with Crippen molar-refractivity contribution in [3.05, 3.63) is 68.3 Å². The van der Waals surface area contributed by atoms with Gasteiger partial charge in [-0.15, -0.1) is 22.7 Å². The van der Waals surface area contributed by atoms with E-state index in [0.717, 1.165) is 22.7 Å². The lowest BCUT2D eigenvalue weighted by Gasteiger charge is -2.23. The first-order chi connectivity index (χ1) is 14.2. The van der Waals surface area contributed by atoms with Gasteiger partial charge in [0.25, 0.3) is 11.3 Å². The minimum absolute atomic E-state index is 0.0310. The molecule has 0 bridgehead atoms. The lowest BCUT2D eigenvalue weighted by molar-refractivity contribution is -0.129. The summed E-state index contributed by atoms with van der Waals surface area (Å²) in [6, 6.07) is 11.1. The number of aromatic nitrogens is 1. The van der Waals surface area contributed by atoms with Crippen LogP contribution in [0.2, 0.25) is 0 Å². The number of benzene rings is 1. The smallest absolute Gasteiger partial charge is 0.259 e. The number of thiophene rings is 1. The molecule has 1 aromatic carbocycles. The summed E-state index contributed by atoms with van der Waals surface area (Å²) in [5.74, 6) is -0.0310. The molecule has 3 aromatic rings. The van der Waals surface area contributed by atoms with Gasteiger partial charge in [0.2, 0.25) is 5.91 Å². The van der Waals surface area contributed by atoms with E-state index < -0.39 is 16.7 Å². The second-order valence-electron chi connectivity index (χ2n) is 7.96. The average Bonchev–Trinajstić information content (AvgIpc) is 3.34. The zero-order valence-electron chi connectivity index (χ0n) is 17.0. The quantitative estimate of drug-likeness (QED) is 0.419. The summed E-state index contributed by atoms with van der Waals surface area (Å²) in [5, 5.41) is 8.13. The molecule has 6 nitrogen and oxygen atoms in total. The van der Waals surface area contributed by atoms with Crippen LogP contribution in [0.25, 0.3) is 0 Å². The number of nitrogens with zero attached hydrogens (tertiary/aromatic N) is 1. The molecular formula is C21H25N3O3S3. The molecule has 0 saturated carbocycles. The number of rotatable bonds is 8. The molecule has 0 aliphatic heterocycles. The van der Waals surface area contributed by atoms with Crippen molar-refractivity contribution in [2.45, 2.75) is 39.7 Å². The van der Waals surface area contributed by atoms with E-state index in [1.165, 1.54) is 4.88 Å². The Balaban J connectivity index is 1.79. The molecule has 0 aliphatic carbocycles. The van der Waals surface area contributed by atoms with E-state index in [9.17, 15) is 9.00 Å². The van der Waals surface area contributed by atoms with Crippen LogP contribution in [0, 0.1) is 5.41 Å². The fraction of sp³-hybridized carbons (Fsp3) is 0.333. The van der Waals surface area contributed by atoms with E-state index in [2.05, 4.69) is 26.9 Å². The SMILES string of the molecule is CC(C)(C)C(=O)N[C@@H](Cc1ccc(NS(=O)O)cc1)c1nc(Cc2cccs2)cs1. The maximum atomic E-state index is 12.7. The predicted octanol–water partition coefficient (Wildman–Crippen LogP) is 4.79. The number of hydrogen-bond acceptors (Lipinski definition) is 5. The third-order valence-electron chi connectivity index (χ3n) is 4.39. The van der Waals surface area contributed by atoms with Crippen LogP contribution in [-0.2, 0) is 28.9 Å². The van der Waals surface area contributed by atoms with Crippen LogP contribution < -0.4 is 10.0 Å². The fourth-order valence-corrected chi connectivity index (χ4v) is 4.70. The molecule has 30 heavy (non-hydrogen) atoms. The third-order valence-corrected chi connectivity index (χ3v) is 6.68. The van der Waals surface area contributed by atoms with Crippen molar-refractivity contribution in [2.24, 2.45) is 5.41 Å². The van der Waals surface area contributed by atoms with Crippen LogP contribution in [0.3, 0.4) is 0 Å². The van der Waals surface area contributed by atoms with Gasteiger partial charge in [0.05, 0.1) is 11.7 Å². The maximum Gasteiger partial charge on any atom is 0.259 e. The Bertz CT molecular complexity index is 993. The topological polar surface area (TPSA) is 91.3 Å². The standard InChI is InChI=1S/C21H25N3O3S3/c1-21(2,3)20(25)23-18(11-14-6-8-15(9-7-14)24-30(26)27)19-22-16(13-29-19)12-17-5-4-10-28-17/h4-10,13,18,24H,11-12H2,1-3H3,(H,23,25)(H,26,27)/t18-/m0/s1. The first-order valence-electron chi connectivity index (χ1n) is 9.45. The van der Waals surface area contributed by atoms with Crippen LogP contribution in [0.5, 0.6) is 0 Å². The van der Waals surface area contributed by atoms with Gasteiger partial charge in [0.1, 0.15) is 5.01 Å². The monoisotopic (exact) mass is 463 g/mol. The van der Waals surface area contributed by atoms with E-state index in [1.54, 1.807) is 34.8 Å². The minimum Gasteiger partial charge on any atom is -0.346 e. The molecule has 160 valence electrons. The predicted molar refractivity (Wildman–Crippen MR) is 124 cm³/mol. The van der Waals surface area contributed by atoms with Gasteiger partial charge in [0, 0.05) is 27.8 Å². The highest BCUT2D eigenvalue weighted by Crippen LogP contribution is 2.26. The first-order valence-corrected chi connectivity index (χ1v) is 12.3. The summed E-state index contributed by atoms with van der Waals surface area (Å²) in [6.07, 6.45) is 1.36. The van der Waals surface area contributed by atoms with Crippen LogP contribution in [0.15, 0.2) is 47.2 Å². The molecule has 0 fully saturated rings. The number of carbonyl (C=O) groups excluding carboxylic acids is 1. The Kier molecular flexibility index (Phi) is 7.41. The number of carbonyl (C=O) groups is 1. The number of nitrogens with one attached hydrogen (secondary N) is 2. The van der Waals surface area contributed by atoms with Crippen molar-refractivity contribution in [3.8, 4) is 0 Å². The number of amides is 1. The Hall–Kier alpha value is -2.07. The second-order valence-corrected chi connectivity index (χ2v) is 10.6. The lowest BCUT2D eigenvalue weighted by atomic mass is 9.94. The fourth-order valence-electron chi connectivity index (χ4n) is 2.78. The van der Waals surface area contributed by atoms with E-state index in [0.29, 0.717) is 12.1 Å². The maximum absolute atomic E-state index is 12.7. The molecule has 0 saturated heterocycles. The Labute approximate surface area is 187 Å². The van der Waals surface area contributed by atoms with Crippen LogP contribution in [0.1, 0.15) is 48.0 Å². The third kappa shape index (κ3) is 6.46. The van der Waals surface area contributed by atoms with E-state index >= 15 is 0 Å². The van der Waals surface area contributed by atoms with Crippen LogP contribution >= 0.6 is 22.7 Å². The van der Waals surface area contributed by atoms with Crippen LogP contribution in [-0.4, -0.2) is 19.7 Å². The van der Waals surface area contributed by atoms with Gasteiger partial charge in [-0.3, -0.25) is 14.1 Å². The molecule has 2 aromatic heterocycles. The highest BCUT2D eigenvalue weighted by molar-refractivity contribution is 7.80. The van der Waals surface area contributed by atoms with Gasteiger partial charge < -0.3 is 5.32 Å². The van der Waals surface area contributed by atoms with Crippen molar-refractivity contribution in [2.75, 3.05) is 4.72 Å². The van der Waals surface area contributed by atoms with Crippen LogP contribution in [0.4, 0.5) is 5.69 Å². The highest BCUT2D eigenvalue weighted by atomic mass is 32.2. The molecule has 9 heteroatoms. The number of anilines is 1. The zero-order valence-corrected chi connectivity index (χ0v) is 19.5. The average molecular weight is 464 g/mol. The summed E-state index contributed by atoms with van der Waals surface area (Å²) in [7, 11) is 0. The van der Waals surface area contributed by atoms with Crippen molar-refractivity contribution >= 4 is 45.5 Å². The van der Waals surface area contributed by atoms with Gasteiger partial charge in [-0.1, -0.05) is 39.0 Å².